The van der Waals surface area contributed by atoms with E-state index in [2.05, 4.69) is 20.3 Å². The Morgan fingerprint density at radius 2 is 1.96 bits per heavy atom. The van der Waals surface area contributed by atoms with Gasteiger partial charge in [0.1, 0.15) is 11.6 Å². The largest absolute Gasteiger partial charge is 0.484 e. The fourth-order valence-corrected chi connectivity index (χ4v) is 2.54. The van der Waals surface area contributed by atoms with Gasteiger partial charge in [-0.1, -0.05) is 23.7 Å². The summed E-state index contributed by atoms with van der Waals surface area (Å²) >= 11 is 5.85. The van der Waals surface area contributed by atoms with E-state index in [9.17, 15) is 0 Å². The van der Waals surface area contributed by atoms with Crippen LogP contribution in [0.5, 0.6) is 5.75 Å². The third-order valence-corrected chi connectivity index (χ3v) is 3.94. The third-order valence-electron chi connectivity index (χ3n) is 3.69. The molecular formula is C17H14ClN5O2. The number of hydrogen-bond donors (Lipinski definition) is 0. The predicted molar refractivity (Wildman–Crippen MR) is 91.4 cm³/mol. The van der Waals surface area contributed by atoms with Crippen LogP contribution in [-0.4, -0.2) is 24.7 Å². The minimum atomic E-state index is 0.184. The minimum Gasteiger partial charge on any atom is -0.484 e. The number of nitrogens with zero attached hydrogens (tertiary/aromatic N) is 5. The van der Waals surface area contributed by atoms with E-state index < -0.39 is 0 Å². The molecule has 1 aromatic carbocycles. The number of rotatable bonds is 5. The van der Waals surface area contributed by atoms with Crippen LogP contribution < -0.4 is 4.74 Å². The Balaban J connectivity index is 1.53. The van der Waals surface area contributed by atoms with Crippen molar-refractivity contribution >= 4 is 17.2 Å². The van der Waals surface area contributed by atoms with E-state index in [0.717, 1.165) is 23.5 Å². The van der Waals surface area contributed by atoms with Gasteiger partial charge in [-0.3, -0.25) is 4.40 Å². The highest BCUT2D eigenvalue weighted by molar-refractivity contribution is 6.30. The van der Waals surface area contributed by atoms with Gasteiger partial charge in [0.2, 0.25) is 5.82 Å². The summed E-state index contributed by atoms with van der Waals surface area (Å²) in [6.07, 6.45) is 2.69. The van der Waals surface area contributed by atoms with Gasteiger partial charge in [0, 0.05) is 23.2 Å². The molecule has 0 aliphatic rings. The lowest BCUT2D eigenvalue weighted by atomic mass is 10.2. The molecule has 3 heterocycles. The van der Waals surface area contributed by atoms with E-state index in [1.54, 1.807) is 24.3 Å². The Morgan fingerprint density at radius 1 is 1.12 bits per heavy atom. The summed E-state index contributed by atoms with van der Waals surface area (Å²) < 4.78 is 12.8. The first kappa shape index (κ1) is 15.6. The molecule has 0 N–H and O–H groups in total. The summed E-state index contributed by atoms with van der Waals surface area (Å²) in [7, 11) is 0. The van der Waals surface area contributed by atoms with Crippen molar-refractivity contribution in [2.24, 2.45) is 0 Å². The number of ether oxygens (including phenoxy) is 1. The Hall–Kier alpha value is -2.93. The van der Waals surface area contributed by atoms with Gasteiger partial charge in [-0.05, 0) is 36.4 Å². The van der Waals surface area contributed by atoms with Crippen molar-refractivity contribution in [2.45, 2.75) is 20.0 Å². The minimum absolute atomic E-state index is 0.184. The normalized spacial score (nSPS) is 11.1. The van der Waals surface area contributed by atoms with E-state index >= 15 is 0 Å². The van der Waals surface area contributed by atoms with Gasteiger partial charge in [0.05, 0.1) is 0 Å². The number of pyridine rings is 1. The van der Waals surface area contributed by atoms with Gasteiger partial charge in [0.25, 0.3) is 5.89 Å². The fraction of sp³-hybridized carbons (Fsp3) is 0.176. The zero-order valence-corrected chi connectivity index (χ0v) is 14.1. The van der Waals surface area contributed by atoms with Crippen LogP contribution in [0.15, 0.2) is 47.1 Å². The maximum Gasteiger partial charge on any atom is 0.264 e. The van der Waals surface area contributed by atoms with Crippen LogP contribution in [-0.2, 0) is 13.0 Å². The van der Waals surface area contributed by atoms with Crippen molar-refractivity contribution in [3.8, 4) is 17.1 Å². The quantitative estimate of drug-likeness (QED) is 0.544. The molecule has 0 saturated heterocycles. The van der Waals surface area contributed by atoms with Crippen LogP contribution in [0, 0.1) is 0 Å². The van der Waals surface area contributed by atoms with Gasteiger partial charge in [-0.25, -0.2) is 0 Å². The lowest BCUT2D eigenvalue weighted by Gasteiger charge is -2.02. The number of aryl methyl sites for hydroxylation is 1. The number of halogens is 1. The Bertz CT molecular complexity index is 1010. The molecule has 0 fully saturated rings. The van der Waals surface area contributed by atoms with E-state index in [0.29, 0.717) is 22.5 Å². The van der Waals surface area contributed by atoms with Crippen LogP contribution >= 0.6 is 11.6 Å². The zero-order chi connectivity index (χ0) is 17.2. The van der Waals surface area contributed by atoms with Crippen LogP contribution in [0.4, 0.5) is 0 Å². The zero-order valence-electron chi connectivity index (χ0n) is 13.4. The average Bonchev–Trinajstić information content (AvgIpc) is 3.27. The molecule has 0 aliphatic carbocycles. The molecule has 0 spiro atoms. The Kier molecular flexibility index (Phi) is 4.07. The SMILES string of the molecule is CCc1nnc2ccc(-c3noc(COc4ccc(Cl)cc4)n3)cn12. The molecule has 4 aromatic rings. The Labute approximate surface area is 148 Å². The summed E-state index contributed by atoms with van der Waals surface area (Å²) in [4.78, 5) is 4.38. The van der Waals surface area contributed by atoms with Crippen molar-refractivity contribution in [2.75, 3.05) is 0 Å². The molecule has 0 bridgehead atoms. The molecule has 0 amide bonds. The van der Waals surface area contributed by atoms with Gasteiger partial charge in [0.15, 0.2) is 12.3 Å². The second-order valence-corrected chi connectivity index (χ2v) is 5.81. The summed E-state index contributed by atoms with van der Waals surface area (Å²) in [6, 6.07) is 10.9. The third kappa shape index (κ3) is 3.18. The summed E-state index contributed by atoms with van der Waals surface area (Å²) in [5.41, 5.74) is 1.61. The molecule has 3 aromatic heterocycles. The standard InChI is InChI=1S/C17H14ClN5O2/c1-2-14-20-21-15-8-3-11(9-23(14)15)17-19-16(25-22-17)10-24-13-6-4-12(18)5-7-13/h3-9H,2,10H2,1H3. The molecule has 0 unspecified atom stereocenters. The van der Waals surface area contributed by atoms with Gasteiger partial charge in [-0.2, -0.15) is 4.98 Å². The second kappa shape index (κ2) is 6.52. The maximum absolute atomic E-state index is 5.85. The summed E-state index contributed by atoms with van der Waals surface area (Å²) in [5.74, 6) is 2.45. The highest BCUT2D eigenvalue weighted by Gasteiger charge is 2.12. The molecule has 4 rings (SSSR count). The lowest BCUT2D eigenvalue weighted by Crippen LogP contribution is -1.96. The van der Waals surface area contributed by atoms with Crippen molar-refractivity contribution in [1.29, 1.82) is 0 Å². The lowest BCUT2D eigenvalue weighted by molar-refractivity contribution is 0.243. The molecule has 0 radical (unpaired) electrons. The number of fused-ring (bicyclic) bond motifs is 1. The van der Waals surface area contributed by atoms with Crippen LogP contribution in [0.2, 0.25) is 5.02 Å². The summed E-state index contributed by atoms with van der Waals surface area (Å²) in [6.45, 7) is 2.22. The number of benzene rings is 1. The Morgan fingerprint density at radius 3 is 2.76 bits per heavy atom. The molecule has 126 valence electrons. The molecule has 7 nitrogen and oxygen atoms in total. The first-order valence-corrected chi connectivity index (χ1v) is 8.15. The molecule has 0 atom stereocenters. The maximum atomic E-state index is 5.85. The van der Waals surface area contributed by atoms with E-state index in [-0.39, 0.29) is 6.61 Å². The van der Waals surface area contributed by atoms with E-state index in [1.807, 2.05) is 29.7 Å². The van der Waals surface area contributed by atoms with Crippen molar-refractivity contribution in [3.05, 3.63) is 59.3 Å². The molecule has 8 heteroatoms. The highest BCUT2D eigenvalue weighted by atomic mass is 35.5. The highest BCUT2D eigenvalue weighted by Crippen LogP contribution is 2.19. The van der Waals surface area contributed by atoms with Crippen molar-refractivity contribution < 1.29 is 9.26 Å². The topological polar surface area (TPSA) is 78.3 Å². The van der Waals surface area contributed by atoms with Gasteiger partial charge >= 0.3 is 0 Å². The number of hydrogen-bond acceptors (Lipinski definition) is 6. The van der Waals surface area contributed by atoms with E-state index in [1.165, 1.54) is 0 Å². The van der Waals surface area contributed by atoms with Crippen molar-refractivity contribution in [1.82, 2.24) is 24.7 Å². The smallest absolute Gasteiger partial charge is 0.264 e. The molecule has 0 saturated carbocycles. The predicted octanol–water partition coefficient (Wildman–Crippen LogP) is 3.57. The summed E-state index contributed by atoms with van der Waals surface area (Å²) in [5, 5.41) is 12.9. The van der Waals surface area contributed by atoms with Crippen LogP contribution in [0.3, 0.4) is 0 Å². The first-order chi connectivity index (χ1) is 12.2. The average molecular weight is 356 g/mol. The van der Waals surface area contributed by atoms with Crippen molar-refractivity contribution in [3.63, 3.8) is 0 Å². The first-order valence-electron chi connectivity index (χ1n) is 7.78. The second-order valence-electron chi connectivity index (χ2n) is 5.37. The fourth-order valence-electron chi connectivity index (χ4n) is 2.42. The van der Waals surface area contributed by atoms with Gasteiger partial charge < -0.3 is 9.26 Å². The monoisotopic (exact) mass is 355 g/mol. The molecule has 25 heavy (non-hydrogen) atoms. The van der Waals surface area contributed by atoms with Crippen LogP contribution in [0.25, 0.3) is 17.0 Å². The van der Waals surface area contributed by atoms with E-state index in [4.69, 9.17) is 20.9 Å². The number of aromatic nitrogens is 5. The molecular weight excluding hydrogens is 342 g/mol. The van der Waals surface area contributed by atoms with Gasteiger partial charge in [-0.15, -0.1) is 10.2 Å². The van der Waals surface area contributed by atoms with Crippen LogP contribution in [0.1, 0.15) is 18.6 Å². The molecule has 0 aliphatic heterocycles.